The van der Waals surface area contributed by atoms with Gasteiger partial charge in [0.15, 0.2) is 5.58 Å². The highest BCUT2D eigenvalue weighted by Gasteiger charge is 2.20. The number of pyridine rings is 1. The van der Waals surface area contributed by atoms with E-state index in [1.807, 2.05) is 18.5 Å². The molecule has 3 heteroatoms. The SMILES string of the molecule is c1ccc(-c2cccc(N(c3ccc(-c4cc5ccccc5c5ccccc45)cc3)c3cccc4c3oc3cc5ccncc5cc34)c2)cc1. The van der Waals surface area contributed by atoms with Crippen molar-refractivity contribution in [1.82, 2.24) is 4.98 Å². The molecule has 0 saturated carbocycles. The molecule has 10 aromatic rings. The minimum absolute atomic E-state index is 0.848. The van der Waals surface area contributed by atoms with E-state index in [0.717, 1.165) is 55.3 Å². The van der Waals surface area contributed by atoms with E-state index in [1.54, 1.807) is 0 Å². The van der Waals surface area contributed by atoms with Crippen molar-refractivity contribution in [3.05, 3.63) is 182 Å². The van der Waals surface area contributed by atoms with Crippen LogP contribution >= 0.6 is 0 Å². The van der Waals surface area contributed by atoms with Gasteiger partial charge in [0.1, 0.15) is 5.58 Å². The zero-order valence-electron chi connectivity index (χ0n) is 27.1. The van der Waals surface area contributed by atoms with Crippen LogP contribution in [0.15, 0.2) is 187 Å². The van der Waals surface area contributed by atoms with Crippen LogP contribution in [0.25, 0.3) is 76.5 Å². The van der Waals surface area contributed by atoms with Crippen molar-refractivity contribution in [3.63, 3.8) is 0 Å². The molecular formula is C47H30N2O. The van der Waals surface area contributed by atoms with Crippen molar-refractivity contribution in [2.45, 2.75) is 0 Å². The Bertz CT molecular complexity index is 2870. The number of furan rings is 1. The summed E-state index contributed by atoms with van der Waals surface area (Å²) < 4.78 is 6.75. The van der Waals surface area contributed by atoms with Crippen molar-refractivity contribution >= 4 is 71.3 Å². The van der Waals surface area contributed by atoms with Gasteiger partial charge in [0, 0.05) is 39.9 Å². The summed E-state index contributed by atoms with van der Waals surface area (Å²) in [7, 11) is 0. The van der Waals surface area contributed by atoms with Crippen LogP contribution in [0.1, 0.15) is 0 Å². The maximum Gasteiger partial charge on any atom is 0.159 e. The maximum atomic E-state index is 6.75. The van der Waals surface area contributed by atoms with Gasteiger partial charge in [0.2, 0.25) is 0 Å². The minimum atomic E-state index is 0.848. The Morgan fingerprint density at radius 2 is 1.16 bits per heavy atom. The molecule has 0 N–H and O–H groups in total. The highest BCUT2D eigenvalue weighted by atomic mass is 16.3. The molecule has 0 fully saturated rings. The molecule has 234 valence electrons. The summed E-state index contributed by atoms with van der Waals surface area (Å²) in [5, 5.41) is 9.39. The largest absolute Gasteiger partial charge is 0.454 e. The summed E-state index contributed by atoms with van der Waals surface area (Å²) in [6.45, 7) is 0. The summed E-state index contributed by atoms with van der Waals surface area (Å²) >= 11 is 0. The summed E-state index contributed by atoms with van der Waals surface area (Å²) in [5.41, 5.74) is 9.53. The van der Waals surface area contributed by atoms with Crippen LogP contribution in [0, 0.1) is 0 Å². The molecule has 50 heavy (non-hydrogen) atoms. The lowest BCUT2D eigenvalue weighted by Crippen LogP contribution is -2.10. The van der Waals surface area contributed by atoms with Gasteiger partial charge in [-0.2, -0.15) is 0 Å². The van der Waals surface area contributed by atoms with Crippen LogP contribution < -0.4 is 4.90 Å². The molecular weight excluding hydrogens is 609 g/mol. The molecule has 3 nitrogen and oxygen atoms in total. The molecule has 0 unspecified atom stereocenters. The molecule has 0 amide bonds. The van der Waals surface area contributed by atoms with E-state index in [9.17, 15) is 0 Å². The smallest absolute Gasteiger partial charge is 0.159 e. The van der Waals surface area contributed by atoms with Gasteiger partial charge in [-0.1, -0.05) is 115 Å². The predicted octanol–water partition coefficient (Wildman–Crippen LogP) is 13.2. The van der Waals surface area contributed by atoms with Crippen LogP contribution in [0.3, 0.4) is 0 Å². The van der Waals surface area contributed by atoms with Crippen molar-refractivity contribution in [1.29, 1.82) is 0 Å². The molecule has 0 spiro atoms. The highest BCUT2D eigenvalue weighted by Crippen LogP contribution is 2.44. The normalized spacial score (nSPS) is 11.6. The zero-order valence-corrected chi connectivity index (χ0v) is 27.1. The molecule has 0 aliphatic rings. The third kappa shape index (κ3) is 4.63. The van der Waals surface area contributed by atoms with Gasteiger partial charge in [0.25, 0.3) is 0 Å². The average molecular weight is 639 g/mol. The number of benzene rings is 8. The molecule has 2 aromatic heterocycles. The highest BCUT2D eigenvalue weighted by molar-refractivity contribution is 6.15. The fourth-order valence-electron chi connectivity index (χ4n) is 7.51. The van der Waals surface area contributed by atoms with E-state index in [2.05, 4.69) is 174 Å². The fourth-order valence-corrected chi connectivity index (χ4v) is 7.51. The molecule has 0 saturated heterocycles. The molecule has 10 rings (SSSR count). The number of aromatic nitrogens is 1. The standard InChI is InChI=1S/C47H30N2O/c1-2-10-31(11-3-1)33-13-8-14-38(26-33)49(45-19-9-18-42-44-28-36-30-48-25-24-34(36)29-46(44)50-47(42)45)37-22-20-32(21-23-37)43-27-35-12-4-5-15-39(35)40-16-6-7-17-41(40)43/h1-30H. The topological polar surface area (TPSA) is 29.3 Å². The van der Waals surface area contributed by atoms with Crippen molar-refractivity contribution in [3.8, 4) is 22.3 Å². The van der Waals surface area contributed by atoms with E-state index in [-0.39, 0.29) is 0 Å². The van der Waals surface area contributed by atoms with E-state index in [0.29, 0.717) is 0 Å². The first kappa shape index (κ1) is 28.3. The van der Waals surface area contributed by atoms with E-state index in [1.165, 1.54) is 38.2 Å². The quantitative estimate of drug-likeness (QED) is 0.176. The lowest BCUT2D eigenvalue weighted by molar-refractivity contribution is 0.669. The van der Waals surface area contributed by atoms with E-state index >= 15 is 0 Å². The summed E-state index contributed by atoms with van der Waals surface area (Å²) in [4.78, 5) is 6.68. The fraction of sp³-hybridized carbons (Fsp3) is 0. The Hall–Kier alpha value is -6.71. The predicted molar refractivity (Wildman–Crippen MR) is 210 cm³/mol. The van der Waals surface area contributed by atoms with E-state index < -0.39 is 0 Å². The second-order valence-electron chi connectivity index (χ2n) is 12.8. The minimum Gasteiger partial charge on any atom is -0.454 e. The van der Waals surface area contributed by atoms with Gasteiger partial charge in [0.05, 0.1) is 5.69 Å². The molecule has 8 aromatic carbocycles. The molecule has 2 heterocycles. The van der Waals surface area contributed by atoms with Gasteiger partial charge in [-0.25, -0.2) is 0 Å². The zero-order chi connectivity index (χ0) is 33.0. The van der Waals surface area contributed by atoms with Crippen molar-refractivity contribution in [2.24, 2.45) is 0 Å². The Kier molecular flexibility index (Phi) is 6.49. The molecule has 0 atom stereocenters. The second-order valence-corrected chi connectivity index (χ2v) is 12.8. The van der Waals surface area contributed by atoms with Crippen LogP contribution in [0.2, 0.25) is 0 Å². The number of rotatable bonds is 5. The Morgan fingerprint density at radius 1 is 0.420 bits per heavy atom. The second kappa shape index (κ2) is 11.5. The lowest BCUT2D eigenvalue weighted by atomic mass is 9.93. The summed E-state index contributed by atoms with van der Waals surface area (Å²) in [6, 6.07) is 60.7. The summed E-state index contributed by atoms with van der Waals surface area (Å²) in [5.74, 6) is 0. The number of hydrogen-bond acceptors (Lipinski definition) is 3. The van der Waals surface area contributed by atoms with Crippen LogP contribution in [0.4, 0.5) is 17.1 Å². The molecule has 0 aliphatic heterocycles. The number of hydrogen-bond donors (Lipinski definition) is 0. The van der Waals surface area contributed by atoms with Gasteiger partial charge < -0.3 is 9.32 Å². The first-order valence-corrected chi connectivity index (χ1v) is 16.9. The maximum absolute atomic E-state index is 6.75. The molecule has 0 bridgehead atoms. The molecule has 0 aliphatic carbocycles. The monoisotopic (exact) mass is 638 g/mol. The summed E-state index contributed by atoms with van der Waals surface area (Å²) in [6.07, 6.45) is 3.74. The van der Waals surface area contributed by atoms with Gasteiger partial charge in [-0.15, -0.1) is 0 Å². The lowest BCUT2D eigenvalue weighted by Gasteiger charge is -2.26. The van der Waals surface area contributed by atoms with Gasteiger partial charge in [-0.3, -0.25) is 4.98 Å². The number of fused-ring (bicyclic) bond motifs is 7. The number of nitrogens with zero attached hydrogens (tertiary/aromatic N) is 2. The molecule has 0 radical (unpaired) electrons. The van der Waals surface area contributed by atoms with Crippen molar-refractivity contribution < 1.29 is 4.42 Å². The third-order valence-electron chi connectivity index (χ3n) is 9.89. The van der Waals surface area contributed by atoms with Crippen LogP contribution in [-0.4, -0.2) is 4.98 Å². The first-order chi connectivity index (χ1) is 24.8. The Balaban J connectivity index is 1.17. The Labute approximate surface area is 289 Å². The average Bonchev–Trinajstić information content (AvgIpc) is 3.55. The van der Waals surface area contributed by atoms with Gasteiger partial charge in [-0.05, 0) is 104 Å². The number of para-hydroxylation sites is 1. The Morgan fingerprint density at radius 3 is 2.04 bits per heavy atom. The third-order valence-corrected chi connectivity index (χ3v) is 9.89. The van der Waals surface area contributed by atoms with Crippen molar-refractivity contribution in [2.75, 3.05) is 4.90 Å². The number of anilines is 3. The van der Waals surface area contributed by atoms with Crippen LogP contribution in [0.5, 0.6) is 0 Å². The van der Waals surface area contributed by atoms with Gasteiger partial charge >= 0.3 is 0 Å². The van der Waals surface area contributed by atoms with Crippen LogP contribution in [-0.2, 0) is 0 Å². The van der Waals surface area contributed by atoms with E-state index in [4.69, 9.17) is 4.42 Å². The first-order valence-electron chi connectivity index (χ1n) is 16.9.